The van der Waals surface area contributed by atoms with Crippen LogP contribution in [0.2, 0.25) is 5.02 Å². The molecule has 3 aromatic carbocycles. The van der Waals surface area contributed by atoms with Crippen molar-refractivity contribution >= 4 is 39.1 Å². The second-order valence-electron chi connectivity index (χ2n) is 9.02. The van der Waals surface area contributed by atoms with Crippen molar-refractivity contribution in [3.8, 4) is 0 Å². The minimum atomic E-state index is -4.25. The second-order valence-corrected chi connectivity index (χ2v) is 11.3. The average Bonchev–Trinajstić information content (AvgIpc) is 2.89. The number of halogens is 2. The van der Waals surface area contributed by atoms with E-state index >= 15 is 0 Å². The molecular formula is C28H31ClFN3O4S. The summed E-state index contributed by atoms with van der Waals surface area (Å²) < 4.78 is 42.2. The van der Waals surface area contributed by atoms with Crippen molar-refractivity contribution in [2.45, 2.75) is 50.7 Å². The number of hydrogen-bond acceptors (Lipinski definition) is 4. The molecule has 0 aliphatic carbocycles. The first-order valence-corrected chi connectivity index (χ1v) is 14.0. The van der Waals surface area contributed by atoms with Crippen LogP contribution in [0.3, 0.4) is 0 Å². The molecule has 0 saturated heterocycles. The van der Waals surface area contributed by atoms with Gasteiger partial charge in [0.2, 0.25) is 11.8 Å². The molecule has 0 aliphatic heterocycles. The van der Waals surface area contributed by atoms with E-state index in [1.54, 1.807) is 25.1 Å². The maximum absolute atomic E-state index is 13.9. The first-order chi connectivity index (χ1) is 18.0. The van der Waals surface area contributed by atoms with Crippen LogP contribution in [-0.2, 0) is 26.2 Å². The highest BCUT2D eigenvalue weighted by molar-refractivity contribution is 7.92. The zero-order chi connectivity index (χ0) is 27.9. The van der Waals surface area contributed by atoms with E-state index in [2.05, 4.69) is 5.32 Å². The fourth-order valence-electron chi connectivity index (χ4n) is 3.97. The fourth-order valence-corrected chi connectivity index (χ4v) is 5.57. The van der Waals surface area contributed by atoms with E-state index in [-0.39, 0.29) is 34.1 Å². The van der Waals surface area contributed by atoms with Crippen LogP contribution in [0.15, 0.2) is 83.8 Å². The van der Waals surface area contributed by atoms with Gasteiger partial charge in [0.25, 0.3) is 10.0 Å². The van der Waals surface area contributed by atoms with Gasteiger partial charge in [-0.3, -0.25) is 13.9 Å². The summed E-state index contributed by atoms with van der Waals surface area (Å²) >= 11 is 5.98. The van der Waals surface area contributed by atoms with Crippen molar-refractivity contribution in [2.75, 3.05) is 10.8 Å². The zero-order valence-electron chi connectivity index (χ0n) is 21.5. The molecule has 3 aromatic rings. The highest BCUT2D eigenvalue weighted by Crippen LogP contribution is 2.28. The van der Waals surface area contributed by atoms with E-state index in [1.807, 2.05) is 44.2 Å². The Morgan fingerprint density at radius 3 is 2.13 bits per heavy atom. The lowest BCUT2D eigenvalue weighted by Crippen LogP contribution is -2.53. The average molecular weight is 560 g/mol. The van der Waals surface area contributed by atoms with Gasteiger partial charge in [0.1, 0.15) is 18.4 Å². The van der Waals surface area contributed by atoms with Gasteiger partial charge in [0.05, 0.1) is 15.6 Å². The van der Waals surface area contributed by atoms with Crippen LogP contribution in [0.5, 0.6) is 0 Å². The van der Waals surface area contributed by atoms with Crippen LogP contribution >= 0.6 is 11.6 Å². The Labute approximate surface area is 228 Å². The van der Waals surface area contributed by atoms with Gasteiger partial charge in [0, 0.05) is 12.6 Å². The number of carbonyl (C=O) groups is 2. The van der Waals surface area contributed by atoms with Gasteiger partial charge < -0.3 is 10.2 Å². The first-order valence-electron chi connectivity index (χ1n) is 12.2. The molecule has 202 valence electrons. The molecule has 0 bridgehead atoms. The third-order valence-corrected chi connectivity index (χ3v) is 7.89. The number of rotatable bonds is 11. The Hall–Kier alpha value is -3.43. The van der Waals surface area contributed by atoms with Gasteiger partial charge >= 0.3 is 0 Å². The second kappa shape index (κ2) is 12.9. The summed E-state index contributed by atoms with van der Waals surface area (Å²) in [4.78, 5) is 28.3. The predicted octanol–water partition coefficient (Wildman–Crippen LogP) is 5.01. The Bertz CT molecular complexity index is 1360. The summed E-state index contributed by atoms with van der Waals surface area (Å²) in [5, 5.41) is 2.56. The summed E-state index contributed by atoms with van der Waals surface area (Å²) in [5.74, 6) is -1.66. The number of amides is 2. The Morgan fingerprint density at radius 2 is 1.58 bits per heavy atom. The minimum Gasteiger partial charge on any atom is -0.352 e. The van der Waals surface area contributed by atoms with E-state index < -0.39 is 34.3 Å². The molecule has 1 atom stereocenters. The highest BCUT2D eigenvalue weighted by Gasteiger charge is 2.34. The summed E-state index contributed by atoms with van der Waals surface area (Å²) in [6, 6.07) is 19.2. The molecule has 38 heavy (non-hydrogen) atoms. The lowest BCUT2D eigenvalue weighted by Gasteiger charge is -2.33. The third kappa shape index (κ3) is 7.11. The maximum atomic E-state index is 13.9. The predicted molar refractivity (Wildman–Crippen MR) is 147 cm³/mol. The summed E-state index contributed by atoms with van der Waals surface area (Å²) in [5.41, 5.74) is 0.798. The SMILES string of the molecule is CC[C@@H](C(=O)NC(C)C)N(Cc1ccccc1)C(=O)CN(c1ccc(F)c(Cl)c1)S(=O)(=O)c1ccccc1. The molecule has 0 aliphatic rings. The van der Waals surface area contributed by atoms with Crippen LogP contribution in [0.1, 0.15) is 32.8 Å². The number of nitrogens with one attached hydrogen (secondary N) is 1. The largest absolute Gasteiger partial charge is 0.352 e. The van der Waals surface area contributed by atoms with E-state index in [9.17, 15) is 22.4 Å². The normalized spacial score (nSPS) is 12.2. The van der Waals surface area contributed by atoms with Crippen LogP contribution in [0.4, 0.5) is 10.1 Å². The standard InChI is InChI=1S/C28H31ClFN3O4S/c1-4-26(28(35)31-20(2)3)32(18-21-11-7-5-8-12-21)27(34)19-33(22-15-16-25(30)24(29)17-22)38(36,37)23-13-9-6-10-14-23/h5-17,20,26H,4,18-19H2,1-3H3,(H,31,35)/t26-/m0/s1. The van der Waals surface area contributed by atoms with Crippen molar-refractivity contribution in [3.63, 3.8) is 0 Å². The molecule has 3 rings (SSSR count). The van der Waals surface area contributed by atoms with Gasteiger partial charge in [-0.2, -0.15) is 0 Å². The van der Waals surface area contributed by atoms with Crippen LogP contribution in [-0.4, -0.2) is 43.8 Å². The monoisotopic (exact) mass is 559 g/mol. The number of benzene rings is 3. The molecule has 0 heterocycles. The maximum Gasteiger partial charge on any atom is 0.264 e. The molecule has 0 aromatic heterocycles. The van der Waals surface area contributed by atoms with E-state index in [0.717, 1.165) is 22.0 Å². The Kier molecular flexibility index (Phi) is 9.88. The Balaban J connectivity index is 2.06. The molecule has 0 fully saturated rings. The van der Waals surface area contributed by atoms with Crippen molar-refractivity contribution in [1.29, 1.82) is 0 Å². The van der Waals surface area contributed by atoms with Gasteiger partial charge in [-0.15, -0.1) is 0 Å². The number of nitrogens with zero attached hydrogens (tertiary/aromatic N) is 2. The highest BCUT2D eigenvalue weighted by atomic mass is 35.5. The van der Waals surface area contributed by atoms with Gasteiger partial charge in [0.15, 0.2) is 0 Å². The van der Waals surface area contributed by atoms with Crippen LogP contribution in [0, 0.1) is 5.82 Å². The van der Waals surface area contributed by atoms with E-state index in [4.69, 9.17) is 11.6 Å². The summed E-state index contributed by atoms with van der Waals surface area (Å²) in [6.45, 7) is 4.89. The van der Waals surface area contributed by atoms with Crippen molar-refractivity contribution in [2.24, 2.45) is 0 Å². The van der Waals surface area contributed by atoms with Gasteiger partial charge in [-0.1, -0.05) is 67.1 Å². The van der Waals surface area contributed by atoms with E-state index in [0.29, 0.717) is 6.42 Å². The fraction of sp³-hybridized carbons (Fsp3) is 0.286. The van der Waals surface area contributed by atoms with Crippen molar-refractivity contribution in [1.82, 2.24) is 10.2 Å². The lowest BCUT2D eigenvalue weighted by molar-refractivity contribution is -0.140. The topological polar surface area (TPSA) is 86.8 Å². The summed E-state index contributed by atoms with van der Waals surface area (Å²) in [7, 11) is -4.25. The number of hydrogen-bond donors (Lipinski definition) is 1. The van der Waals surface area contributed by atoms with Gasteiger partial charge in [-0.05, 0) is 56.2 Å². The minimum absolute atomic E-state index is 0.0212. The molecule has 0 unspecified atom stereocenters. The van der Waals surface area contributed by atoms with Crippen LogP contribution < -0.4 is 9.62 Å². The van der Waals surface area contributed by atoms with Crippen LogP contribution in [0.25, 0.3) is 0 Å². The molecule has 0 spiro atoms. The summed E-state index contributed by atoms with van der Waals surface area (Å²) in [6.07, 6.45) is 0.310. The third-order valence-electron chi connectivity index (χ3n) is 5.81. The van der Waals surface area contributed by atoms with E-state index in [1.165, 1.54) is 23.1 Å². The molecule has 7 nitrogen and oxygen atoms in total. The number of anilines is 1. The number of carbonyl (C=O) groups excluding carboxylic acids is 2. The lowest BCUT2D eigenvalue weighted by atomic mass is 10.1. The molecular weight excluding hydrogens is 529 g/mol. The molecule has 0 saturated carbocycles. The Morgan fingerprint density at radius 1 is 0.974 bits per heavy atom. The zero-order valence-corrected chi connectivity index (χ0v) is 23.0. The number of sulfonamides is 1. The molecule has 10 heteroatoms. The first kappa shape index (κ1) is 29.1. The van der Waals surface area contributed by atoms with Gasteiger partial charge in [-0.25, -0.2) is 12.8 Å². The van der Waals surface area contributed by atoms with Crippen molar-refractivity contribution < 1.29 is 22.4 Å². The molecule has 1 N–H and O–H groups in total. The smallest absolute Gasteiger partial charge is 0.264 e. The quantitative estimate of drug-likeness (QED) is 0.358. The molecule has 0 radical (unpaired) electrons. The molecule has 2 amide bonds. The van der Waals surface area contributed by atoms with Crippen molar-refractivity contribution in [3.05, 3.63) is 95.3 Å².